The van der Waals surface area contributed by atoms with Crippen LogP contribution in [0.15, 0.2) is 104 Å². The Morgan fingerprint density at radius 2 is 1.09 bits per heavy atom. The van der Waals surface area contributed by atoms with E-state index in [4.69, 9.17) is 38.0 Å². The standard InChI is InChI=1S/C59H75N3O26S5/c1-40(9-15-51-58(2,19-7-35-89(66,67)68)56-45-36-41(90(69,70)71)38-49(92(75,76)77)43(45)12-14-48(56)61(51)22-24-84-30-32-85-27-25-81-4)10-16-52-59(3,20-23-83-29-31-87-34-33-86-28-26-82-5)57-46-37-42(91(72,73)74)39-50(93(78,79)80)44(46)11-13-47(57)60(52)21-6-8-55(65)88-62-53(63)17-18-54(62)64/h9-16,36-39H,6-8,17-35H2,1-5H3,(H4-,66,67,68,69,70,71,72,73,74,75,76,77,78,79,80)/p+1. The predicted molar refractivity (Wildman–Crippen MR) is 335 cm³/mol. The fourth-order valence-electron chi connectivity index (χ4n) is 11.6. The molecule has 512 valence electrons. The van der Waals surface area contributed by atoms with Gasteiger partial charge in [-0.2, -0.15) is 46.7 Å². The number of hydroxylamine groups is 2. The van der Waals surface area contributed by atoms with Crippen LogP contribution in [0.4, 0.5) is 11.4 Å². The Morgan fingerprint density at radius 1 is 0.591 bits per heavy atom. The number of anilines is 1. The van der Waals surface area contributed by atoms with E-state index in [0.717, 1.165) is 12.1 Å². The van der Waals surface area contributed by atoms with E-state index < -0.39 is 105 Å². The SMILES string of the molecule is COCCOCCOCCOCCC1(C)\C(=C/C=C(C)/C=C/C2=[N+](CCOCCOCCOC)c3ccc4c(S(=O)(=O)O)cc(S(=O)(=O)O)cc4c3C2(C)CCCS(=O)(=O)O)N(CCCC(=O)ON2C(=O)CCC2=O)c2ccc3c(S(=O)(=O)O)cc(S(=O)(=O)O)cc3c21. The van der Waals surface area contributed by atoms with Crippen LogP contribution < -0.4 is 4.90 Å². The highest BCUT2D eigenvalue weighted by Gasteiger charge is 2.50. The molecule has 29 nitrogen and oxygen atoms in total. The maximum atomic E-state index is 13.3. The first-order valence-corrected chi connectivity index (χ1v) is 36.5. The van der Waals surface area contributed by atoms with Crippen LogP contribution in [-0.2, 0) is 114 Å². The zero-order chi connectivity index (χ0) is 68.3. The summed E-state index contributed by atoms with van der Waals surface area (Å²) in [6.45, 7) is 7.56. The van der Waals surface area contributed by atoms with Crippen molar-refractivity contribution in [3.63, 3.8) is 0 Å². The molecule has 1 saturated heterocycles. The van der Waals surface area contributed by atoms with Crippen LogP contribution >= 0.6 is 0 Å². The van der Waals surface area contributed by atoms with Crippen molar-refractivity contribution in [1.29, 1.82) is 0 Å². The summed E-state index contributed by atoms with van der Waals surface area (Å²) in [5, 5.41) is 0.0322. The third-order valence-corrected chi connectivity index (χ3v) is 20.1. The van der Waals surface area contributed by atoms with E-state index in [1.807, 2.05) is 0 Å². The Morgan fingerprint density at radius 3 is 1.59 bits per heavy atom. The lowest BCUT2D eigenvalue weighted by molar-refractivity contribution is -0.442. The van der Waals surface area contributed by atoms with Gasteiger partial charge in [-0.05, 0) is 105 Å². The van der Waals surface area contributed by atoms with E-state index >= 15 is 0 Å². The monoisotopic (exact) mass is 1400 g/mol. The van der Waals surface area contributed by atoms with Crippen molar-refractivity contribution in [2.75, 3.05) is 117 Å². The molecule has 4 aromatic rings. The molecule has 0 aromatic heterocycles. The van der Waals surface area contributed by atoms with Gasteiger partial charge in [0.25, 0.3) is 62.4 Å². The van der Waals surface area contributed by atoms with E-state index in [1.165, 1.54) is 31.4 Å². The average molecular weight is 1400 g/mol. The Balaban J connectivity index is 1.40. The highest BCUT2D eigenvalue weighted by Crippen LogP contribution is 2.54. The summed E-state index contributed by atoms with van der Waals surface area (Å²) < 4.78 is 221. The lowest BCUT2D eigenvalue weighted by atomic mass is 9.74. The van der Waals surface area contributed by atoms with Gasteiger partial charge in [-0.25, -0.2) is 4.79 Å². The van der Waals surface area contributed by atoms with Crippen molar-refractivity contribution >= 4 is 107 Å². The maximum Gasteiger partial charge on any atom is 0.333 e. The second-order valence-electron chi connectivity index (χ2n) is 22.3. The van der Waals surface area contributed by atoms with Crippen molar-refractivity contribution in [3.05, 3.63) is 95.2 Å². The van der Waals surface area contributed by atoms with Crippen LogP contribution in [0.25, 0.3) is 21.5 Å². The molecule has 2 atom stereocenters. The molecule has 0 radical (unpaired) electrons. The third-order valence-electron chi connectivity index (χ3n) is 15.9. The van der Waals surface area contributed by atoms with Gasteiger partial charge in [0, 0.05) is 91.9 Å². The van der Waals surface area contributed by atoms with Crippen molar-refractivity contribution in [2.24, 2.45) is 0 Å². The summed E-state index contributed by atoms with van der Waals surface area (Å²) in [6.07, 6.45) is 5.79. The molecule has 0 aliphatic carbocycles. The Hall–Kier alpha value is -6.03. The van der Waals surface area contributed by atoms with Crippen LogP contribution in [0.3, 0.4) is 0 Å². The van der Waals surface area contributed by atoms with Crippen LogP contribution in [0.5, 0.6) is 0 Å². The molecule has 4 aromatic carbocycles. The molecule has 5 N–H and O–H groups in total. The lowest BCUT2D eigenvalue weighted by Gasteiger charge is -2.31. The van der Waals surface area contributed by atoms with Gasteiger partial charge in [-0.15, -0.1) is 5.06 Å². The highest BCUT2D eigenvalue weighted by atomic mass is 32.2. The minimum Gasteiger partial charge on any atom is -0.382 e. The second kappa shape index (κ2) is 31.2. The molecule has 0 saturated carbocycles. The fourth-order valence-corrected chi connectivity index (χ4v) is 14.7. The van der Waals surface area contributed by atoms with Crippen LogP contribution in [0, 0.1) is 0 Å². The quantitative estimate of drug-likeness (QED) is 0.0125. The third kappa shape index (κ3) is 18.5. The van der Waals surface area contributed by atoms with Crippen LogP contribution in [0.1, 0.15) is 76.8 Å². The maximum absolute atomic E-state index is 13.3. The van der Waals surface area contributed by atoms with Crippen LogP contribution in [-0.4, -0.2) is 210 Å². The largest absolute Gasteiger partial charge is 0.382 e. The molecule has 2 amide bonds. The van der Waals surface area contributed by atoms with Gasteiger partial charge in [0.2, 0.25) is 5.69 Å². The zero-order valence-electron chi connectivity index (χ0n) is 51.7. The number of fused-ring (bicyclic) bond motifs is 6. The number of carbonyl (C=O) groups is 3. The number of nitrogens with zero attached hydrogens (tertiary/aromatic N) is 3. The summed E-state index contributed by atoms with van der Waals surface area (Å²) in [6, 6.07) is 9.06. The molecule has 93 heavy (non-hydrogen) atoms. The van der Waals surface area contributed by atoms with Gasteiger partial charge in [-0.1, -0.05) is 23.8 Å². The molecular weight excluding hydrogens is 1330 g/mol. The molecule has 3 aliphatic heterocycles. The molecule has 34 heteroatoms. The van der Waals surface area contributed by atoms with Crippen molar-refractivity contribution in [1.82, 2.24) is 5.06 Å². The van der Waals surface area contributed by atoms with E-state index in [2.05, 4.69) is 0 Å². The molecule has 3 aliphatic rings. The first-order chi connectivity index (χ1) is 43.7. The number of amides is 2. The predicted octanol–water partition coefficient (Wildman–Crippen LogP) is 5.32. The topological polar surface area (TPSA) is 406 Å². The summed E-state index contributed by atoms with van der Waals surface area (Å²) in [7, 11) is -22.2. The van der Waals surface area contributed by atoms with E-state index in [1.54, 1.807) is 61.7 Å². The van der Waals surface area contributed by atoms with E-state index in [0.29, 0.717) is 70.9 Å². The summed E-state index contributed by atoms with van der Waals surface area (Å²) >= 11 is 0. The Kier molecular flexibility index (Phi) is 25.0. The van der Waals surface area contributed by atoms with E-state index in [-0.39, 0.29) is 145 Å². The molecular formula is C59H76N3O26S5+. The summed E-state index contributed by atoms with van der Waals surface area (Å²) in [4.78, 5) is 41.5. The van der Waals surface area contributed by atoms with Gasteiger partial charge >= 0.3 is 5.97 Å². The molecule has 1 fully saturated rings. The van der Waals surface area contributed by atoms with E-state index in [9.17, 15) is 79.2 Å². The number of rotatable bonds is 37. The van der Waals surface area contributed by atoms with Crippen LogP contribution in [0.2, 0.25) is 0 Å². The number of hydrogen-bond acceptors (Lipinski definition) is 22. The minimum atomic E-state index is -5.20. The molecule has 0 bridgehead atoms. The number of carbonyl (C=O) groups excluding carboxylic acids is 3. The van der Waals surface area contributed by atoms with Crippen molar-refractivity contribution in [3.8, 4) is 0 Å². The summed E-state index contributed by atoms with van der Waals surface area (Å²) in [5.41, 5.74) is -0.178. The number of ether oxygens (including phenoxy) is 7. The second-order valence-corrected chi connectivity index (χ2v) is 29.5. The average Bonchev–Trinajstić information content (AvgIpc) is 1.60. The first-order valence-electron chi connectivity index (χ1n) is 29.2. The minimum absolute atomic E-state index is 0.0140. The molecule has 0 spiro atoms. The lowest BCUT2D eigenvalue weighted by Crippen LogP contribution is -2.33. The normalized spacial score (nSPS) is 18.8. The van der Waals surface area contributed by atoms with Gasteiger partial charge in [0.05, 0.1) is 87.0 Å². The molecule has 3 heterocycles. The Labute approximate surface area is 539 Å². The number of methoxy groups -OCH3 is 2. The molecule has 2 unspecified atom stereocenters. The first kappa shape index (κ1) is 74.4. The Bertz CT molecular complexity index is 4190. The van der Waals surface area contributed by atoms with Gasteiger partial charge in [0.1, 0.15) is 16.4 Å². The van der Waals surface area contributed by atoms with Gasteiger partial charge in [-0.3, -0.25) is 32.4 Å². The highest BCUT2D eigenvalue weighted by molar-refractivity contribution is 7.87. The molecule has 7 rings (SSSR count). The zero-order valence-corrected chi connectivity index (χ0v) is 55.8. The van der Waals surface area contributed by atoms with Gasteiger partial charge in [0.15, 0.2) is 12.3 Å². The number of hydrogen-bond donors (Lipinski definition) is 5. The smallest absolute Gasteiger partial charge is 0.333 e. The number of benzene rings is 4. The number of allylic oxidation sites excluding steroid dienone is 6. The van der Waals surface area contributed by atoms with Crippen molar-refractivity contribution in [2.45, 2.75) is 96.1 Å². The fraction of sp³-hybridized carbons (Fsp3) is 0.492. The summed E-state index contributed by atoms with van der Waals surface area (Å²) in [5.74, 6) is -3.07. The van der Waals surface area contributed by atoms with Gasteiger partial charge < -0.3 is 42.9 Å². The number of imide groups is 1. The van der Waals surface area contributed by atoms with Crippen molar-refractivity contribution < 1.29 is 122 Å².